The summed E-state index contributed by atoms with van der Waals surface area (Å²) >= 11 is 6.04. The van der Waals surface area contributed by atoms with Gasteiger partial charge in [0.2, 0.25) is 0 Å². The Bertz CT molecular complexity index is 789. The second-order valence-electron chi connectivity index (χ2n) is 6.84. The van der Waals surface area contributed by atoms with Crippen LogP contribution < -0.4 is 10.1 Å². The molecule has 2 aromatic rings. The molecule has 3 rings (SSSR count). The van der Waals surface area contributed by atoms with Crippen LogP contribution >= 0.6 is 11.6 Å². The van der Waals surface area contributed by atoms with Crippen molar-refractivity contribution in [1.82, 2.24) is 9.80 Å². The lowest BCUT2D eigenvalue weighted by Crippen LogP contribution is -2.50. The number of benzene rings is 2. The molecular formula is C21H26ClN3O2. The number of aryl methyl sites for hydroxylation is 1. The summed E-state index contributed by atoms with van der Waals surface area (Å²) < 4.78 is 5.34. The maximum Gasteiger partial charge on any atom is 0.322 e. The summed E-state index contributed by atoms with van der Waals surface area (Å²) in [6, 6.07) is 13.7. The Hall–Kier alpha value is -2.24. The number of urea groups is 1. The van der Waals surface area contributed by atoms with Gasteiger partial charge in [0.15, 0.2) is 0 Å². The molecule has 2 amide bonds. The zero-order valence-corrected chi connectivity index (χ0v) is 16.6. The van der Waals surface area contributed by atoms with Crippen LogP contribution in [0.25, 0.3) is 0 Å². The van der Waals surface area contributed by atoms with E-state index in [0.29, 0.717) is 11.4 Å². The number of amides is 2. The number of ether oxygens (including phenoxy) is 1. The number of halogens is 1. The van der Waals surface area contributed by atoms with Crippen LogP contribution in [0.2, 0.25) is 5.02 Å². The quantitative estimate of drug-likeness (QED) is 0.841. The van der Waals surface area contributed by atoms with E-state index in [1.54, 1.807) is 7.11 Å². The van der Waals surface area contributed by atoms with Crippen LogP contribution in [0, 0.1) is 6.92 Å². The van der Waals surface area contributed by atoms with Crippen molar-refractivity contribution in [3.63, 3.8) is 0 Å². The molecule has 0 aliphatic carbocycles. The van der Waals surface area contributed by atoms with Gasteiger partial charge in [0, 0.05) is 37.7 Å². The molecule has 144 valence electrons. The number of rotatable bonds is 5. The fourth-order valence-electron chi connectivity index (χ4n) is 3.27. The second kappa shape index (κ2) is 9.11. The maximum absolute atomic E-state index is 12.6. The molecule has 0 radical (unpaired) electrons. The van der Waals surface area contributed by atoms with Crippen LogP contribution in [0.5, 0.6) is 5.75 Å². The van der Waals surface area contributed by atoms with Gasteiger partial charge < -0.3 is 15.0 Å². The van der Waals surface area contributed by atoms with Gasteiger partial charge in [-0.1, -0.05) is 29.8 Å². The monoisotopic (exact) mass is 387 g/mol. The van der Waals surface area contributed by atoms with E-state index in [2.05, 4.69) is 16.3 Å². The standard InChI is InChI=1S/C21H26ClN3O2/c1-16-6-7-20(27-2)19(14-16)23-21(26)25-12-10-24(11-13-25)9-8-17-4-3-5-18(22)15-17/h3-7,14-15H,8-13H2,1-2H3,(H,23,26). The Morgan fingerprint density at radius 1 is 1.15 bits per heavy atom. The number of nitrogens with zero attached hydrogens (tertiary/aromatic N) is 2. The van der Waals surface area contributed by atoms with Crippen molar-refractivity contribution in [2.45, 2.75) is 13.3 Å². The van der Waals surface area contributed by atoms with Crippen LogP contribution in [0.1, 0.15) is 11.1 Å². The number of hydrogen-bond acceptors (Lipinski definition) is 3. The maximum atomic E-state index is 12.6. The topological polar surface area (TPSA) is 44.8 Å². The van der Waals surface area contributed by atoms with Crippen molar-refractivity contribution in [1.29, 1.82) is 0 Å². The Kier molecular flexibility index (Phi) is 6.58. The Morgan fingerprint density at radius 3 is 2.63 bits per heavy atom. The second-order valence-corrected chi connectivity index (χ2v) is 7.28. The number of methoxy groups -OCH3 is 1. The van der Waals surface area contributed by atoms with Crippen LogP contribution in [0.4, 0.5) is 10.5 Å². The molecule has 1 aliphatic heterocycles. The van der Waals surface area contributed by atoms with E-state index in [0.717, 1.165) is 49.7 Å². The molecule has 1 saturated heterocycles. The van der Waals surface area contributed by atoms with Crippen LogP contribution in [-0.2, 0) is 6.42 Å². The fraction of sp³-hybridized carbons (Fsp3) is 0.381. The fourth-order valence-corrected chi connectivity index (χ4v) is 3.48. The van der Waals surface area contributed by atoms with Crippen LogP contribution in [-0.4, -0.2) is 55.7 Å². The molecule has 0 bridgehead atoms. The van der Waals surface area contributed by atoms with Gasteiger partial charge in [0.05, 0.1) is 12.8 Å². The summed E-state index contributed by atoms with van der Waals surface area (Å²) in [5.74, 6) is 0.675. The van der Waals surface area contributed by atoms with Gasteiger partial charge in [-0.2, -0.15) is 0 Å². The van der Waals surface area contributed by atoms with Gasteiger partial charge in [0.1, 0.15) is 5.75 Å². The minimum atomic E-state index is -0.0756. The normalized spacial score (nSPS) is 14.9. The van der Waals surface area contributed by atoms with Crippen molar-refractivity contribution < 1.29 is 9.53 Å². The molecule has 27 heavy (non-hydrogen) atoms. The van der Waals surface area contributed by atoms with E-state index in [4.69, 9.17) is 16.3 Å². The summed E-state index contributed by atoms with van der Waals surface area (Å²) in [6.07, 6.45) is 0.966. The SMILES string of the molecule is COc1ccc(C)cc1NC(=O)N1CCN(CCc2cccc(Cl)c2)CC1. The Labute approximate surface area is 165 Å². The van der Waals surface area contributed by atoms with E-state index in [1.165, 1.54) is 5.56 Å². The largest absolute Gasteiger partial charge is 0.495 e. The number of piperazine rings is 1. The van der Waals surface area contributed by atoms with Crippen molar-refractivity contribution >= 4 is 23.3 Å². The average Bonchev–Trinajstić information content (AvgIpc) is 2.67. The van der Waals surface area contributed by atoms with Crippen molar-refractivity contribution in [3.8, 4) is 5.75 Å². The lowest BCUT2D eigenvalue weighted by Gasteiger charge is -2.34. The minimum Gasteiger partial charge on any atom is -0.495 e. The molecule has 1 N–H and O–H groups in total. The minimum absolute atomic E-state index is 0.0756. The molecule has 1 heterocycles. The summed E-state index contributed by atoms with van der Waals surface area (Å²) in [7, 11) is 1.61. The van der Waals surface area contributed by atoms with E-state index < -0.39 is 0 Å². The highest BCUT2D eigenvalue weighted by Gasteiger charge is 2.21. The van der Waals surface area contributed by atoms with Gasteiger partial charge in [0.25, 0.3) is 0 Å². The summed E-state index contributed by atoms with van der Waals surface area (Å²) in [5.41, 5.74) is 3.04. The molecule has 0 spiro atoms. The van der Waals surface area contributed by atoms with E-state index in [1.807, 2.05) is 48.2 Å². The lowest BCUT2D eigenvalue weighted by molar-refractivity contribution is 0.148. The third-order valence-corrected chi connectivity index (χ3v) is 5.10. The molecule has 0 unspecified atom stereocenters. The van der Waals surface area contributed by atoms with Crippen LogP contribution in [0.15, 0.2) is 42.5 Å². The lowest BCUT2D eigenvalue weighted by atomic mass is 10.1. The first-order chi connectivity index (χ1) is 13.0. The molecular weight excluding hydrogens is 362 g/mol. The number of carbonyl (C=O) groups excluding carboxylic acids is 1. The van der Waals surface area contributed by atoms with Gasteiger partial charge in [-0.25, -0.2) is 4.79 Å². The predicted molar refractivity (Wildman–Crippen MR) is 110 cm³/mol. The number of hydrogen-bond donors (Lipinski definition) is 1. The van der Waals surface area contributed by atoms with Crippen molar-refractivity contribution in [2.24, 2.45) is 0 Å². The molecule has 1 aliphatic rings. The zero-order valence-electron chi connectivity index (χ0n) is 15.9. The Morgan fingerprint density at radius 2 is 1.93 bits per heavy atom. The van der Waals surface area contributed by atoms with E-state index >= 15 is 0 Å². The highest BCUT2D eigenvalue weighted by molar-refractivity contribution is 6.30. The third-order valence-electron chi connectivity index (χ3n) is 4.86. The van der Waals surface area contributed by atoms with Crippen molar-refractivity contribution in [3.05, 3.63) is 58.6 Å². The van der Waals surface area contributed by atoms with Crippen LogP contribution in [0.3, 0.4) is 0 Å². The predicted octanol–water partition coefficient (Wildman–Crippen LogP) is 4.05. The first-order valence-corrected chi connectivity index (χ1v) is 9.60. The Balaban J connectivity index is 1.48. The van der Waals surface area contributed by atoms with Gasteiger partial charge in [-0.15, -0.1) is 0 Å². The average molecular weight is 388 g/mol. The van der Waals surface area contributed by atoms with Gasteiger partial charge >= 0.3 is 6.03 Å². The zero-order chi connectivity index (χ0) is 19.2. The summed E-state index contributed by atoms with van der Waals surface area (Å²) in [6.45, 7) is 6.15. The first kappa shape index (κ1) is 19.5. The van der Waals surface area contributed by atoms with E-state index in [9.17, 15) is 4.79 Å². The molecule has 6 heteroatoms. The van der Waals surface area contributed by atoms with Gasteiger partial charge in [-0.3, -0.25) is 4.90 Å². The number of anilines is 1. The summed E-state index contributed by atoms with van der Waals surface area (Å²) in [5, 5.41) is 3.76. The first-order valence-electron chi connectivity index (χ1n) is 9.22. The summed E-state index contributed by atoms with van der Waals surface area (Å²) in [4.78, 5) is 16.8. The van der Waals surface area contributed by atoms with E-state index in [-0.39, 0.29) is 6.03 Å². The smallest absolute Gasteiger partial charge is 0.322 e. The molecule has 5 nitrogen and oxygen atoms in total. The highest BCUT2D eigenvalue weighted by Crippen LogP contribution is 2.25. The molecule has 0 saturated carbocycles. The molecule has 0 aromatic heterocycles. The third kappa shape index (κ3) is 5.37. The van der Waals surface area contributed by atoms with Gasteiger partial charge in [-0.05, 0) is 48.7 Å². The molecule has 1 fully saturated rings. The number of carbonyl (C=O) groups is 1. The molecule has 0 atom stereocenters. The molecule has 2 aromatic carbocycles. The number of nitrogens with one attached hydrogen (secondary N) is 1. The van der Waals surface area contributed by atoms with Crippen molar-refractivity contribution in [2.75, 3.05) is 45.2 Å². The highest BCUT2D eigenvalue weighted by atomic mass is 35.5.